The van der Waals surface area contributed by atoms with Gasteiger partial charge in [0, 0.05) is 18.2 Å². The van der Waals surface area contributed by atoms with Gasteiger partial charge in [-0.2, -0.15) is 0 Å². The Balaban J connectivity index is 1.91. The Bertz CT molecular complexity index is 509. The topological polar surface area (TPSA) is 73.6 Å². The number of nitrogens with one attached hydrogen (secondary N) is 1. The van der Waals surface area contributed by atoms with Crippen LogP contribution in [0, 0.1) is 5.41 Å². The lowest BCUT2D eigenvalue weighted by Gasteiger charge is -2.23. The van der Waals surface area contributed by atoms with Crippen LogP contribution in [-0.2, 0) is 0 Å². The van der Waals surface area contributed by atoms with Crippen LogP contribution >= 0.6 is 0 Å². The minimum absolute atomic E-state index is 0.0499. The third kappa shape index (κ3) is 4.63. The van der Waals surface area contributed by atoms with Crippen LogP contribution in [0.5, 0.6) is 11.5 Å². The van der Waals surface area contributed by atoms with Crippen molar-refractivity contribution in [2.24, 2.45) is 11.1 Å². The molecule has 0 fully saturated rings. The fourth-order valence-corrected chi connectivity index (χ4v) is 2.37. The van der Waals surface area contributed by atoms with E-state index in [9.17, 15) is 4.79 Å². The van der Waals surface area contributed by atoms with Gasteiger partial charge in [-0.15, -0.1) is 0 Å². The monoisotopic (exact) mass is 292 g/mol. The molecule has 1 aliphatic heterocycles. The minimum atomic E-state index is -0.142. The molecule has 0 aromatic heterocycles. The highest BCUT2D eigenvalue weighted by molar-refractivity contribution is 5.94. The van der Waals surface area contributed by atoms with E-state index in [0.29, 0.717) is 36.8 Å². The van der Waals surface area contributed by atoms with Gasteiger partial charge in [0.15, 0.2) is 11.5 Å². The van der Waals surface area contributed by atoms with Crippen molar-refractivity contribution < 1.29 is 14.3 Å². The van der Waals surface area contributed by atoms with Crippen LogP contribution in [0.4, 0.5) is 0 Å². The molecule has 0 radical (unpaired) electrons. The van der Waals surface area contributed by atoms with Gasteiger partial charge >= 0.3 is 0 Å². The second-order valence-electron chi connectivity index (χ2n) is 6.59. The van der Waals surface area contributed by atoms with Gasteiger partial charge in [0.25, 0.3) is 5.91 Å². The first-order valence-corrected chi connectivity index (χ1v) is 7.28. The number of carbonyl (C=O) groups is 1. The number of benzene rings is 1. The molecular weight excluding hydrogens is 268 g/mol. The van der Waals surface area contributed by atoms with E-state index in [4.69, 9.17) is 15.2 Å². The van der Waals surface area contributed by atoms with Crippen LogP contribution in [0.25, 0.3) is 0 Å². The van der Waals surface area contributed by atoms with Gasteiger partial charge in [0.2, 0.25) is 0 Å². The summed E-state index contributed by atoms with van der Waals surface area (Å²) in [4.78, 5) is 12.1. The van der Waals surface area contributed by atoms with Crippen LogP contribution < -0.4 is 20.5 Å². The van der Waals surface area contributed by atoms with Gasteiger partial charge in [0.05, 0.1) is 0 Å². The molecule has 1 aromatic rings. The lowest BCUT2D eigenvalue weighted by Crippen LogP contribution is -2.39. The summed E-state index contributed by atoms with van der Waals surface area (Å²) in [5.41, 5.74) is 6.75. The Kier molecular flexibility index (Phi) is 4.73. The highest BCUT2D eigenvalue weighted by Crippen LogP contribution is 2.30. The second kappa shape index (κ2) is 6.35. The normalized spacial score (nSPS) is 15.4. The van der Waals surface area contributed by atoms with Crippen molar-refractivity contribution in [2.45, 2.75) is 33.2 Å². The van der Waals surface area contributed by atoms with E-state index in [1.54, 1.807) is 18.2 Å². The molecule has 0 aliphatic carbocycles. The van der Waals surface area contributed by atoms with E-state index in [1.807, 2.05) is 0 Å². The predicted octanol–water partition coefficient (Wildman–Crippen LogP) is 1.95. The van der Waals surface area contributed by atoms with E-state index in [2.05, 4.69) is 26.1 Å². The third-order valence-electron chi connectivity index (χ3n) is 3.20. The molecule has 1 unspecified atom stereocenters. The van der Waals surface area contributed by atoms with E-state index in [1.165, 1.54) is 0 Å². The summed E-state index contributed by atoms with van der Waals surface area (Å²) in [5, 5.41) is 2.87. The van der Waals surface area contributed by atoms with Crippen LogP contribution in [-0.4, -0.2) is 31.7 Å². The summed E-state index contributed by atoms with van der Waals surface area (Å²) in [6.45, 7) is 7.92. The lowest BCUT2D eigenvalue weighted by molar-refractivity contribution is 0.0947. The van der Waals surface area contributed by atoms with Crippen molar-refractivity contribution in [3.05, 3.63) is 23.8 Å². The number of hydrogen-bond acceptors (Lipinski definition) is 4. The number of rotatable bonds is 4. The molecule has 0 saturated heterocycles. The molecule has 0 bridgehead atoms. The van der Waals surface area contributed by atoms with Crippen molar-refractivity contribution in [1.82, 2.24) is 5.32 Å². The fourth-order valence-electron chi connectivity index (χ4n) is 2.37. The largest absolute Gasteiger partial charge is 0.486 e. The van der Waals surface area contributed by atoms with Crippen molar-refractivity contribution in [3.8, 4) is 11.5 Å². The molecule has 5 nitrogen and oxygen atoms in total. The number of ether oxygens (including phenoxy) is 2. The summed E-state index contributed by atoms with van der Waals surface area (Å²) >= 11 is 0. The number of amides is 1. The van der Waals surface area contributed by atoms with Gasteiger partial charge in [0.1, 0.15) is 13.2 Å². The second-order valence-corrected chi connectivity index (χ2v) is 6.59. The molecule has 1 aromatic carbocycles. The maximum Gasteiger partial charge on any atom is 0.251 e. The fraction of sp³-hybridized carbons (Fsp3) is 0.562. The average Bonchev–Trinajstić information content (AvgIpc) is 2.42. The quantitative estimate of drug-likeness (QED) is 0.889. The number of hydrogen-bond donors (Lipinski definition) is 2. The maximum atomic E-state index is 12.1. The van der Waals surface area contributed by atoms with Gasteiger partial charge in [-0.3, -0.25) is 4.79 Å². The highest BCUT2D eigenvalue weighted by atomic mass is 16.6. The molecule has 1 atom stereocenters. The summed E-state index contributed by atoms with van der Waals surface area (Å²) in [6.07, 6.45) is 0.856. The summed E-state index contributed by atoms with van der Waals surface area (Å²) in [6, 6.07) is 5.15. The minimum Gasteiger partial charge on any atom is -0.486 e. The smallest absolute Gasteiger partial charge is 0.251 e. The van der Waals surface area contributed by atoms with Gasteiger partial charge in [-0.1, -0.05) is 20.8 Å². The molecule has 116 valence electrons. The summed E-state index contributed by atoms with van der Waals surface area (Å²) in [5.74, 6) is 1.16. The molecule has 3 N–H and O–H groups in total. The van der Waals surface area contributed by atoms with Gasteiger partial charge < -0.3 is 20.5 Å². The first kappa shape index (κ1) is 15.6. The standard InChI is InChI=1S/C16H24N2O3/c1-16(2,3)9-12(17)10-18-15(19)11-4-5-13-14(8-11)21-7-6-20-13/h4-5,8,12H,6-7,9-10,17H2,1-3H3,(H,18,19). The third-order valence-corrected chi connectivity index (χ3v) is 3.20. The van der Waals surface area contributed by atoms with E-state index in [-0.39, 0.29) is 17.4 Å². The average molecular weight is 292 g/mol. The first-order chi connectivity index (χ1) is 9.85. The van der Waals surface area contributed by atoms with Crippen LogP contribution in [0.3, 0.4) is 0 Å². The lowest BCUT2D eigenvalue weighted by atomic mass is 9.88. The summed E-state index contributed by atoms with van der Waals surface area (Å²) < 4.78 is 10.9. The van der Waals surface area contributed by atoms with Crippen molar-refractivity contribution in [3.63, 3.8) is 0 Å². The van der Waals surface area contributed by atoms with E-state index in [0.717, 1.165) is 6.42 Å². The Morgan fingerprint density at radius 3 is 2.62 bits per heavy atom. The van der Waals surface area contributed by atoms with Crippen LogP contribution in [0.15, 0.2) is 18.2 Å². The molecule has 21 heavy (non-hydrogen) atoms. The summed E-state index contributed by atoms with van der Waals surface area (Å²) in [7, 11) is 0. The number of nitrogens with two attached hydrogens (primary N) is 1. The van der Waals surface area contributed by atoms with Gasteiger partial charge in [-0.05, 0) is 30.0 Å². The zero-order valence-corrected chi connectivity index (χ0v) is 12.9. The number of carbonyl (C=O) groups excluding carboxylic acids is 1. The Hall–Kier alpha value is -1.75. The molecule has 0 spiro atoms. The van der Waals surface area contributed by atoms with Crippen molar-refractivity contribution in [2.75, 3.05) is 19.8 Å². The van der Waals surface area contributed by atoms with Crippen LogP contribution in [0.1, 0.15) is 37.6 Å². The maximum absolute atomic E-state index is 12.1. The SMILES string of the molecule is CC(C)(C)CC(N)CNC(=O)c1ccc2c(c1)OCCO2. The molecule has 1 aliphatic rings. The van der Waals surface area contributed by atoms with Crippen LogP contribution in [0.2, 0.25) is 0 Å². The van der Waals surface area contributed by atoms with Crippen molar-refractivity contribution in [1.29, 1.82) is 0 Å². The van der Waals surface area contributed by atoms with E-state index < -0.39 is 0 Å². The van der Waals surface area contributed by atoms with Crippen molar-refractivity contribution >= 4 is 5.91 Å². The van der Waals surface area contributed by atoms with E-state index >= 15 is 0 Å². The molecule has 1 amide bonds. The Morgan fingerprint density at radius 1 is 1.29 bits per heavy atom. The van der Waals surface area contributed by atoms with Gasteiger partial charge in [-0.25, -0.2) is 0 Å². The molecule has 5 heteroatoms. The molecule has 0 saturated carbocycles. The molecular formula is C16H24N2O3. The highest BCUT2D eigenvalue weighted by Gasteiger charge is 2.18. The molecule has 2 rings (SSSR count). The predicted molar refractivity (Wildman–Crippen MR) is 81.8 cm³/mol. The Morgan fingerprint density at radius 2 is 1.95 bits per heavy atom. The Labute approximate surface area is 125 Å². The zero-order valence-electron chi connectivity index (χ0n) is 12.9. The zero-order chi connectivity index (χ0) is 15.5. The first-order valence-electron chi connectivity index (χ1n) is 7.28. The number of fused-ring (bicyclic) bond motifs is 1. The molecule has 1 heterocycles.